The van der Waals surface area contributed by atoms with Gasteiger partial charge in [0.15, 0.2) is 5.58 Å². The van der Waals surface area contributed by atoms with Crippen molar-refractivity contribution in [3.05, 3.63) is 63.7 Å². The van der Waals surface area contributed by atoms with Crippen LogP contribution in [-0.2, 0) is 0 Å². The number of rotatable bonds is 5. The van der Waals surface area contributed by atoms with Gasteiger partial charge < -0.3 is 19.8 Å². The van der Waals surface area contributed by atoms with Gasteiger partial charge in [0.2, 0.25) is 5.95 Å². The van der Waals surface area contributed by atoms with Crippen molar-refractivity contribution in [1.29, 1.82) is 0 Å². The van der Waals surface area contributed by atoms with E-state index in [0.29, 0.717) is 39.4 Å². The topological polar surface area (TPSA) is 105 Å². The summed E-state index contributed by atoms with van der Waals surface area (Å²) in [4.78, 5) is 22.6. The molecule has 29 heavy (non-hydrogen) atoms. The number of H-pyrrole nitrogens is 1. The normalized spacial score (nSPS) is 13.3. The van der Waals surface area contributed by atoms with E-state index >= 15 is 0 Å². The van der Waals surface area contributed by atoms with Crippen molar-refractivity contribution in [1.82, 2.24) is 15.0 Å². The number of methoxy groups -OCH3 is 1. The molecule has 0 radical (unpaired) electrons. The van der Waals surface area contributed by atoms with Crippen LogP contribution in [0.2, 0.25) is 0 Å². The lowest BCUT2D eigenvalue weighted by atomic mass is 10.1. The molecule has 148 valence electrons. The number of nitrogens with zero attached hydrogens (tertiary/aromatic N) is 2. The molecule has 0 aliphatic rings. The van der Waals surface area contributed by atoms with Crippen molar-refractivity contribution in [3.8, 4) is 5.75 Å². The molecule has 2 aromatic heterocycles. The third-order valence-electron chi connectivity index (χ3n) is 4.57. The molecule has 0 saturated carbocycles. The summed E-state index contributed by atoms with van der Waals surface area (Å²) < 4.78 is 40.5. The maximum atomic E-state index is 11.4. The summed E-state index contributed by atoms with van der Waals surface area (Å²) in [6.45, 7) is 5.32. The Morgan fingerprint density at radius 1 is 1.14 bits per heavy atom. The highest BCUT2D eigenvalue weighted by molar-refractivity contribution is 5.78. The molecule has 4 aromatic rings. The van der Waals surface area contributed by atoms with Crippen LogP contribution in [0.1, 0.15) is 22.2 Å². The molecule has 0 amide bonds. The molecule has 8 nitrogen and oxygen atoms in total. The first-order valence-corrected chi connectivity index (χ1v) is 8.81. The Morgan fingerprint density at radius 3 is 2.83 bits per heavy atom. The first-order chi connectivity index (χ1) is 15.5. The predicted molar refractivity (Wildman–Crippen MR) is 113 cm³/mol. The Kier molecular flexibility index (Phi) is 3.58. The van der Waals surface area contributed by atoms with Gasteiger partial charge in [0.1, 0.15) is 11.6 Å². The van der Waals surface area contributed by atoms with Crippen molar-refractivity contribution in [3.63, 3.8) is 0 Å². The molecular weight excluding hydrogens is 370 g/mol. The molecule has 2 aromatic carbocycles. The summed E-state index contributed by atoms with van der Waals surface area (Å²) in [6, 6.07) is 8.43. The van der Waals surface area contributed by atoms with E-state index in [1.165, 1.54) is 0 Å². The van der Waals surface area contributed by atoms with Gasteiger partial charge in [0, 0.05) is 29.2 Å². The number of hydrogen-bond donors (Lipinski definition) is 3. The maximum absolute atomic E-state index is 11.4. The third-order valence-corrected chi connectivity index (χ3v) is 4.57. The largest absolute Gasteiger partial charge is 0.496 e. The molecule has 8 heteroatoms. The molecule has 0 aliphatic carbocycles. The zero-order chi connectivity index (χ0) is 23.9. The van der Waals surface area contributed by atoms with Crippen LogP contribution in [-0.4, -0.2) is 22.0 Å². The number of aromatic nitrogens is 3. The highest BCUT2D eigenvalue weighted by Gasteiger charge is 2.09. The molecule has 2 heterocycles. The predicted octanol–water partition coefficient (Wildman–Crippen LogP) is 4.33. The average Bonchev–Trinajstić information content (AvgIpc) is 3.07. The van der Waals surface area contributed by atoms with Crippen LogP contribution in [0.3, 0.4) is 0 Å². The van der Waals surface area contributed by atoms with Gasteiger partial charge in [-0.15, -0.1) is 0 Å². The van der Waals surface area contributed by atoms with Crippen LogP contribution in [0.4, 0.5) is 23.1 Å². The number of ether oxygens (including phenoxy) is 1. The Morgan fingerprint density at radius 2 is 2.00 bits per heavy atom. The molecule has 0 spiro atoms. The van der Waals surface area contributed by atoms with E-state index in [0.717, 1.165) is 5.56 Å². The summed E-state index contributed by atoms with van der Waals surface area (Å²) in [6.07, 6.45) is 0.00981. The SMILES string of the molecule is [2H]c1nc(Nc2cc(C)c(C)c(OC([2H])([2H])[2H])c2)nc(Nc2ccc3oc(=O)[nH]c3c2)c1C. The van der Waals surface area contributed by atoms with Crippen LogP contribution in [0.25, 0.3) is 11.1 Å². The molecule has 0 atom stereocenters. The van der Waals surface area contributed by atoms with Crippen LogP contribution < -0.4 is 21.1 Å². The Bertz CT molecular complexity index is 1410. The van der Waals surface area contributed by atoms with Gasteiger partial charge in [0.05, 0.1) is 18.0 Å². The van der Waals surface area contributed by atoms with E-state index in [2.05, 4.69) is 25.6 Å². The second-order valence-corrected chi connectivity index (χ2v) is 6.63. The fraction of sp³-hybridized carbons (Fsp3) is 0.190. The van der Waals surface area contributed by atoms with Gasteiger partial charge in [-0.2, -0.15) is 4.98 Å². The van der Waals surface area contributed by atoms with Crippen molar-refractivity contribution in [2.45, 2.75) is 20.8 Å². The van der Waals surface area contributed by atoms with E-state index in [1.807, 2.05) is 13.0 Å². The first-order valence-electron chi connectivity index (χ1n) is 10.8. The smallest absolute Gasteiger partial charge is 0.417 e. The Hall–Kier alpha value is -3.81. The van der Waals surface area contributed by atoms with Gasteiger partial charge in [-0.3, -0.25) is 4.98 Å². The molecule has 0 fully saturated rings. The Labute approximate surface area is 172 Å². The van der Waals surface area contributed by atoms with Crippen LogP contribution in [0, 0.1) is 20.8 Å². The quantitative estimate of drug-likeness (QED) is 0.462. The van der Waals surface area contributed by atoms with E-state index in [9.17, 15) is 4.79 Å². The van der Waals surface area contributed by atoms with E-state index in [1.54, 1.807) is 38.1 Å². The van der Waals surface area contributed by atoms with Crippen LogP contribution in [0.15, 0.2) is 45.7 Å². The summed E-state index contributed by atoms with van der Waals surface area (Å²) >= 11 is 0. The molecule has 0 unspecified atom stereocenters. The Balaban J connectivity index is 1.65. The minimum atomic E-state index is -2.58. The lowest BCUT2D eigenvalue weighted by Gasteiger charge is -2.13. The van der Waals surface area contributed by atoms with Crippen molar-refractivity contribution in [2.75, 3.05) is 17.7 Å². The lowest BCUT2D eigenvalue weighted by Crippen LogP contribution is -2.03. The van der Waals surface area contributed by atoms with Crippen molar-refractivity contribution < 1.29 is 14.6 Å². The third kappa shape index (κ3) is 3.77. The lowest BCUT2D eigenvalue weighted by molar-refractivity contribution is 0.411. The molecular formula is C21H21N5O3. The van der Waals surface area contributed by atoms with Crippen LogP contribution in [0.5, 0.6) is 5.75 Å². The highest BCUT2D eigenvalue weighted by atomic mass is 16.5. The standard InChI is InChI=1S/C21H21N5O3/c1-11-7-15(9-18(28-4)13(11)3)24-20-22-10-12(2)19(26-20)23-14-5-6-17-16(8-14)25-21(27)29-17/h5-10H,1-4H3,(H,25,27)(H2,22,23,24,26)/i4D3,10D. The van der Waals surface area contributed by atoms with Gasteiger partial charge in [-0.1, -0.05) is 0 Å². The minimum Gasteiger partial charge on any atom is -0.496 e. The minimum absolute atomic E-state index is 0.00981. The number of hydrogen-bond acceptors (Lipinski definition) is 7. The zero-order valence-electron chi connectivity index (χ0n) is 20.0. The fourth-order valence-corrected chi connectivity index (χ4v) is 2.88. The van der Waals surface area contributed by atoms with E-state index in [-0.39, 0.29) is 17.9 Å². The number of anilines is 4. The summed E-state index contributed by atoms with van der Waals surface area (Å²) in [7, 11) is -2.58. The first kappa shape index (κ1) is 14.2. The number of benzene rings is 2. The summed E-state index contributed by atoms with van der Waals surface area (Å²) in [5.74, 6) is 0.214. The number of nitrogens with one attached hydrogen (secondary N) is 3. The van der Waals surface area contributed by atoms with Gasteiger partial charge in [-0.25, -0.2) is 9.78 Å². The fourth-order valence-electron chi connectivity index (χ4n) is 2.88. The van der Waals surface area contributed by atoms with Gasteiger partial charge in [0.25, 0.3) is 0 Å². The second kappa shape index (κ2) is 7.31. The molecule has 0 saturated heterocycles. The summed E-state index contributed by atoms with van der Waals surface area (Å²) in [5.41, 5.74) is 4.15. The highest BCUT2D eigenvalue weighted by Crippen LogP contribution is 2.28. The van der Waals surface area contributed by atoms with E-state index < -0.39 is 12.8 Å². The van der Waals surface area contributed by atoms with Crippen LogP contribution >= 0.6 is 0 Å². The van der Waals surface area contributed by atoms with Crippen molar-refractivity contribution in [2.24, 2.45) is 0 Å². The number of oxazole rings is 1. The van der Waals surface area contributed by atoms with Gasteiger partial charge >= 0.3 is 5.76 Å². The molecule has 0 bridgehead atoms. The second-order valence-electron chi connectivity index (χ2n) is 6.63. The van der Waals surface area contributed by atoms with Gasteiger partial charge in [-0.05, 0) is 56.2 Å². The molecule has 0 aliphatic heterocycles. The summed E-state index contributed by atoms with van der Waals surface area (Å²) in [5, 5.41) is 6.15. The molecule has 4 rings (SSSR count). The zero-order valence-corrected chi connectivity index (χ0v) is 16.0. The van der Waals surface area contributed by atoms with E-state index in [4.69, 9.17) is 14.6 Å². The molecule has 3 N–H and O–H groups in total. The van der Waals surface area contributed by atoms with Crippen molar-refractivity contribution >= 4 is 34.2 Å². The maximum Gasteiger partial charge on any atom is 0.417 e. The number of aryl methyl sites for hydroxylation is 1. The monoisotopic (exact) mass is 395 g/mol. The number of fused-ring (bicyclic) bond motifs is 1. The average molecular weight is 395 g/mol. The number of aromatic amines is 1.